The Bertz CT molecular complexity index is 375. The monoisotopic (exact) mass is 248 g/mol. The summed E-state index contributed by atoms with van der Waals surface area (Å²) >= 11 is 0. The van der Waals surface area contributed by atoms with E-state index >= 15 is 0 Å². The van der Waals surface area contributed by atoms with Crippen LogP contribution in [0.2, 0.25) is 0 Å². The van der Waals surface area contributed by atoms with Crippen molar-refractivity contribution in [3.8, 4) is 0 Å². The first-order valence-corrected chi connectivity index (χ1v) is 6.66. The van der Waals surface area contributed by atoms with Crippen LogP contribution < -0.4 is 10.6 Å². The SMILES string of the molecule is Cc1ccccc1NCCC(=O)NCCC(C)C. The summed E-state index contributed by atoms with van der Waals surface area (Å²) in [5, 5.41) is 6.22. The Hall–Kier alpha value is -1.51. The van der Waals surface area contributed by atoms with E-state index in [0.29, 0.717) is 18.9 Å². The Morgan fingerprint density at radius 1 is 1.22 bits per heavy atom. The maximum atomic E-state index is 11.5. The first-order chi connectivity index (χ1) is 8.59. The third kappa shape index (κ3) is 5.71. The van der Waals surface area contributed by atoms with Crippen LogP contribution in [-0.2, 0) is 4.79 Å². The Balaban J connectivity index is 2.18. The zero-order valence-electron chi connectivity index (χ0n) is 11.6. The summed E-state index contributed by atoms with van der Waals surface area (Å²) in [5.74, 6) is 0.757. The zero-order valence-corrected chi connectivity index (χ0v) is 11.6. The number of hydrogen-bond acceptors (Lipinski definition) is 2. The number of para-hydroxylation sites is 1. The lowest BCUT2D eigenvalue weighted by Gasteiger charge is -2.10. The molecule has 1 rings (SSSR count). The predicted molar refractivity (Wildman–Crippen MR) is 76.8 cm³/mol. The molecule has 2 N–H and O–H groups in total. The number of amides is 1. The average Bonchev–Trinajstić information content (AvgIpc) is 2.31. The zero-order chi connectivity index (χ0) is 13.4. The van der Waals surface area contributed by atoms with E-state index in [1.807, 2.05) is 18.2 Å². The molecule has 0 bridgehead atoms. The van der Waals surface area contributed by atoms with Gasteiger partial charge in [-0.25, -0.2) is 0 Å². The molecule has 1 aromatic rings. The van der Waals surface area contributed by atoms with Crippen LogP contribution in [0.5, 0.6) is 0 Å². The Morgan fingerprint density at radius 2 is 1.94 bits per heavy atom. The largest absolute Gasteiger partial charge is 0.384 e. The maximum absolute atomic E-state index is 11.5. The van der Waals surface area contributed by atoms with Crippen molar-refractivity contribution in [2.45, 2.75) is 33.6 Å². The summed E-state index contributed by atoms with van der Waals surface area (Å²) in [6, 6.07) is 8.11. The molecule has 3 nitrogen and oxygen atoms in total. The van der Waals surface area contributed by atoms with E-state index in [2.05, 4.69) is 37.5 Å². The van der Waals surface area contributed by atoms with Crippen LogP contribution in [0.1, 0.15) is 32.3 Å². The molecule has 0 aliphatic carbocycles. The number of nitrogens with one attached hydrogen (secondary N) is 2. The van der Waals surface area contributed by atoms with Gasteiger partial charge < -0.3 is 10.6 Å². The molecule has 18 heavy (non-hydrogen) atoms. The number of rotatable bonds is 7. The van der Waals surface area contributed by atoms with Crippen LogP contribution in [0.3, 0.4) is 0 Å². The molecule has 0 atom stereocenters. The topological polar surface area (TPSA) is 41.1 Å². The van der Waals surface area contributed by atoms with Gasteiger partial charge in [-0.05, 0) is 30.9 Å². The number of carbonyl (C=O) groups excluding carboxylic acids is 1. The van der Waals surface area contributed by atoms with E-state index in [-0.39, 0.29) is 5.91 Å². The minimum Gasteiger partial charge on any atom is -0.384 e. The standard InChI is InChI=1S/C15H24N2O/c1-12(2)8-10-17-15(18)9-11-16-14-7-5-4-6-13(14)3/h4-7,12,16H,8-11H2,1-3H3,(H,17,18). The van der Waals surface area contributed by atoms with Gasteiger partial charge in [0.25, 0.3) is 0 Å². The molecule has 0 radical (unpaired) electrons. The van der Waals surface area contributed by atoms with Crippen LogP contribution in [0.4, 0.5) is 5.69 Å². The highest BCUT2D eigenvalue weighted by Gasteiger charge is 2.02. The molecule has 0 saturated heterocycles. The molecule has 1 amide bonds. The van der Waals surface area contributed by atoms with Gasteiger partial charge in [0.2, 0.25) is 5.91 Å². The molecule has 0 fully saturated rings. The molecular weight excluding hydrogens is 224 g/mol. The van der Waals surface area contributed by atoms with Gasteiger partial charge in [-0.1, -0.05) is 32.0 Å². The third-order valence-corrected chi connectivity index (χ3v) is 2.86. The average molecular weight is 248 g/mol. The lowest BCUT2D eigenvalue weighted by atomic mass is 10.1. The van der Waals surface area contributed by atoms with Gasteiger partial charge in [-0.2, -0.15) is 0 Å². The van der Waals surface area contributed by atoms with Gasteiger partial charge in [-0.15, -0.1) is 0 Å². The molecular formula is C15H24N2O. The predicted octanol–water partition coefficient (Wildman–Crippen LogP) is 2.96. The highest BCUT2D eigenvalue weighted by molar-refractivity contribution is 5.76. The van der Waals surface area contributed by atoms with Crippen LogP contribution in [0, 0.1) is 12.8 Å². The minimum atomic E-state index is 0.122. The van der Waals surface area contributed by atoms with Crippen molar-refractivity contribution in [3.05, 3.63) is 29.8 Å². The molecule has 0 saturated carbocycles. The molecule has 1 aromatic carbocycles. The second kappa shape index (κ2) is 7.75. The van der Waals surface area contributed by atoms with Crippen LogP contribution in [0.25, 0.3) is 0 Å². The molecule has 0 unspecified atom stereocenters. The fourth-order valence-corrected chi connectivity index (χ4v) is 1.67. The van der Waals surface area contributed by atoms with Gasteiger partial charge in [0, 0.05) is 25.2 Å². The van der Waals surface area contributed by atoms with Crippen molar-refractivity contribution >= 4 is 11.6 Å². The molecule has 0 aromatic heterocycles. The maximum Gasteiger partial charge on any atom is 0.221 e. The lowest BCUT2D eigenvalue weighted by Crippen LogP contribution is -2.27. The Kier molecular flexibility index (Phi) is 6.26. The number of anilines is 1. The van der Waals surface area contributed by atoms with Gasteiger partial charge in [-0.3, -0.25) is 4.79 Å². The molecule has 0 aliphatic rings. The third-order valence-electron chi connectivity index (χ3n) is 2.86. The molecule has 100 valence electrons. The molecule has 3 heteroatoms. The normalized spacial score (nSPS) is 10.4. The van der Waals surface area contributed by atoms with E-state index in [1.54, 1.807) is 0 Å². The van der Waals surface area contributed by atoms with E-state index in [4.69, 9.17) is 0 Å². The summed E-state index contributed by atoms with van der Waals surface area (Å²) in [4.78, 5) is 11.5. The second-order valence-corrected chi connectivity index (χ2v) is 5.02. The number of aryl methyl sites for hydroxylation is 1. The fraction of sp³-hybridized carbons (Fsp3) is 0.533. The Labute approximate surface area is 110 Å². The van der Waals surface area contributed by atoms with Crippen molar-refractivity contribution in [2.24, 2.45) is 5.92 Å². The van der Waals surface area contributed by atoms with Gasteiger partial charge in [0.15, 0.2) is 0 Å². The van der Waals surface area contributed by atoms with Crippen molar-refractivity contribution < 1.29 is 4.79 Å². The van der Waals surface area contributed by atoms with Crippen LogP contribution in [0.15, 0.2) is 24.3 Å². The second-order valence-electron chi connectivity index (χ2n) is 5.02. The van der Waals surface area contributed by atoms with E-state index in [9.17, 15) is 4.79 Å². The minimum absolute atomic E-state index is 0.122. The number of benzene rings is 1. The molecule has 0 spiro atoms. The van der Waals surface area contributed by atoms with Crippen molar-refractivity contribution in [2.75, 3.05) is 18.4 Å². The van der Waals surface area contributed by atoms with E-state index < -0.39 is 0 Å². The molecule has 0 aliphatic heterocycles. The summed E-state index contributed by atoms with van der Waals surface area (Å²) in [6.45, 7) is 7.84. The van der Waals surface area contributed by atoms with Crippen LogP contribution in [-0.4, -0.2) is 19.0 Å². The molecule has 0 heterocycles. The fourth-order valence-electron chi connectivity index (χ4n) is 1.67. The Morgan fingerprint density at radius 3 is 2.61 bits per heavy atom. The van der Waals surface area contributed by atoms with Crippen LogP contribution >= 0.6 is 0 Å². The summed E-state index contributed by atoms with van der Waals surface area (Å²) in [7, 11) is 0. The lowest BCUT2D eigenvalue weighted by molar-refractivity contribution is -0.120. The highest BCUT2D eigenvalue weighted by Crippen LogP contribution is 2.12. The first-order valence-electron chi connectivity index (χ1n) is 6.66. The first kappa shape index (κ1) is 14.6. The highest BCUT2D eigenvalue weighted by atomic mass is 16.1. The van der Waals surface area contributed by atoms with Crippen molar-refractivity contribution in [1.82, 2.24) is 5.32 Å². The van der Waals surface area contributed by atoms with Crippen molar-refractivity contribution in [3.63, 3.8) is 0 Å². The van der Waals surface area contributed by atoms with E-state index in [1.165, 1.54) is 5.56 Å². The van der Waals surface area contributed by atoms with Crippen molar-refractivity contribution in [1.29, 1.82) is 0 Å². The quantitative estimate of drug-likeness (QED) is 0.779. The number of hydrogen-bond donors (Lipinski definition) is 2. The number of carbonyl (C=O) groups is 1. The van der Waals surface area contributed by atoms with Gasteiger partial charge in [0.1, 0.15) is 0 Å². The summed E-state index contributed by atoms with van der Waals surface area (Å²) < 4.78 is 0. The van der Waals surface area contributed by atoms with Gasteiger partial charge in [0.05, 0.1) is 0 Å². The summed E-state index contributed by atoms with van der Waals surface area (Å²) in [5.41, 5.74) is 2.31. The summed E-state index contributed by atoms with van der Waals surface area (Å²) in [6.07, 6.45) is 1.56. The van der Waals surface area contributed by atoms with Gasteiger partial charge >= 0.3 is 0 Å². The van der Waals surface area contributed by atoms with E-state index in [0.717, 1.165) is 18.7 Å². The smallest absolute Gasteiger partial charge is 0.221 e.